The van der Waals surface area contributed by atoms with E-state index in [9.17, 15) is 18.0 Å². The van der Waals surface area contributed by atoms with Gasteiger partial charge in [0.25, 0.3) is 10.1 Å². The number of Topliss-reactive ketones (excluding diaryl/α,β-unsaturated/α-hetero) is 1. The maximum absolute atomic E-state index is 13.9. The molecular weight excluding hydrogens is 635 g/mol. The Bertz CT molecular complexity index is 1670. The van der Waals surface area contributed by atoms with Crippen LogP contribution >= 0.6 is 0 Å². The molecule has 0 aliphatic heterocycles. The number of ketones is 1. The summed E-state index contributed by atoms with van der Waals surface area (Å²) in [5.41, 5.74) is 4.34. The van der Waals surface area contributed by atoms with E-state index < -0.39 is 21.8 Å². The highest BCUT2D eigenvalue weighted by atomic mass is 32.2. The number of carbonyl (C=O) groups is 2. The van der Waals surface area contributed by atoms with E-state index in [1.54, 1.807) is 12.1 Å². The molecule has 0 heterocycles. The van der Waals surface area contributed by atoms with Crippen LogP contribution in [0, 0.1) is 16.7 Å². The lowest BCUT2D eigenvalue weighted by atomic mass is 9.72. The minimum atomic E-state index is -4.11. The monoisotopic (exact) mass is 687 g/mol. The molecule has 0 bridgehead atoms. The zero-order chi connectivity index (χ0) is 35.8. The van der Waals surface area contributed by atoms with Crippen LogP contribution in [0.3, 0.4) is 0 Å². The Hall–Kier alpha value is -3.75. The lowest BCUT2D eigenvalue weighted by Crippen LogP contribution is -2.30. The smallest absolute Gasteiger partial charge is 0.264 e. The van der Waals surface area contributed by atoms with Crippen LogP contribution in [0.25, 0.3) is 6.08 Å². The summed E-state index contributed by atoms with van der Waals surface area (Å²) in [5, 5.41) is 3.11. The van der Waals surface area contributed by atoms with Crippen LogP contribution in [-0.4, -0.2) is 36.5 Å². The van der Waals surface area contributed by atoms with Gasteiger partial charge >= 0.3 is 0 Å². The number of nitrogens with one attached hydrogen (secondary N) is 1. The van der Waals surface area contributed by atoms with Crippen molar-refractivity contribution in [3.63, 3.8) is 0 Å². The van der Waals surface area contributed by atoms with Gasteiger partial charge in [-0.25, -0.2) is 0 Å². The van der Waals surface area contributed by atoms with Crippen molar-refractivity contribution >= 4 is 33.6 Å². The van der Waals surface area contributed by atoms with E-state index in [1.807, 2.05) is 60.7 Å². The number of amides is 1. The van der Waals surface area contributed by atoms with Gasteiger partial charge in [-0.15, -0.1) is 0 Å². The fourth-order valence-corrected chi connectivity index (χ4v) is 6.76. The summed E-state index contributed by atoms with van der Waals surface area (Å²) >= 11 is 0. The second kappa shape index (κ2) is 16.3. The third kappa shape index (κ3) is 12.6. The van der Waals surface area contributed by atoms with Crippen LogP contribution in [0.1, 0.15) is 113 Å². The largest absolute Gasteiger partial charge is 0.490 e. The van der Waals surface area contributed by atoms with Gasteiger partial charge in [0, 0.05) is 17.7 Å². The standard InChI is InChI=1S/C41H53NO6S/c1-40(2,3)26-25-29-9-13-31(14-10-29)37(28-30-11-15-32(16-12-30)38(43)8-7-27-49(45,46)47)39(44)42-34-19-23-36(24-20-34)48-35-21-17-33(18-22-35)41(4,5)6/h9-16,19-20,23-26,33,35,37H,7-8,17-18,21-22,27-28H2,1-6H3,(H,42,44)(H,45,46,47)/b26-25+. The number of carbonyl (C=O) groups excluding carboxylic acids is 2. The highest BCUT2D eigenvalue weighted by molar-refractivity contribution is 7.85. The van der Waals surface area contributed by atoms with E-state index in [4.69, 9.17) is 9.29 Å². The predicted octanol–water partition coefficient (Wildman–Crippen LogP) is 9.55. The van der Waals surface area contributed by atoms with Crippen molar-refractivity contribution in [3.05, 3.63) is 101 Å². The number of hydrogen-bond donors (Lipinski definition) is 2. The number of allylic oxidation sites excluding steroid dienone is 1. The molecular formula is C41H53NO6S. The number of anilines is 1. The van der Waals surface area contributed by atoms with Gasteiger partial charge in [-0.05, 0) is 96.2 Å². The molecule has 0 saturated heterocycles. The van der Waals surface area contributed by atoms with Crippen molar-refractivity contribution in [1.82, 2.24) is 0 Å². The van der Waals surface area contributed by atoms with Crippen molar-refractivity contribution in [1.29, 1.82) is 0 Å². The Morgan fingerprint density at radius 1 is 0.878 bits per heavy atom. The van der Waals surface area contributed by atoms with Crippen LogP contribution < -0.4 is 10.1 Å². The summed E-state index contributed by atoms with van der Waals surface area (Å²) in [6.45, 7) is 13.4. The van der Waals surface area contributed by atoms with Crippen molar-refractivity contribution in [2.75, 3.05) is 11.1 Å². The quantitative estimate of drug-likeness (QED) is 0.137. The Balaban J connectivity index is 1.45. The van der Waals surface area contributed by atoms with Crippen molar-refractivity contribution in [2.45, 2.75) is 98.5 Å². The maximum atomic E-state index is 13.9. The number of rotatable bonds is 13. The van der Waals surface area contributed by atoms with Gasteiger partial charge in [0.1, 0.15) is 5.75 Å². The first kappa shape index (κ1) is 38.1. The summed E-state index contributed by atoms with van der Waals surface area (Å²) < 4.78 is 37.3. The molecule has 0 spiro atoms. The minimum absolute atomic E-state index is 0.0162. The molecule has 3 aromatic rings. The average Bonchev–Trinajstić information content (AvgIpc) is 3.03. The number of hydrogen-bond acceptors (Lipinski definition) is 5. The Kier molecular flexibility index (Phi) is 12.7. The average molecular weight is 688 g/mol. The first-order chi connectivity index (χ1) is 22.9. The van der Waals surface area contributed by atoms with Gasteiger partial charge < -0.3 is 10.1 Å². The van der Waals surface area contributed by atoms with E-state index in [-0.39, 0.29) is 36.1 Å². The Morgan fingerprint density at radius 3 is 2.04 bits per heavy atom. The molecule has 1 aliphatic carbocycles. The molecule has 1 saturated carbocycles. The van der Waals surface area contributed by atoms with E-state index in [2.05, 4.69) is 59.0 Å². The molecule has 1 amide bonds. The van der Waals surface area contributed by atoms with Crippen molar-refractivity contribution in [3.8, 4) is 5.75 Å². The third-order valence-electron chi connectivity index (χ3n) is 9.28. The molecule has 264 valence electrons. The highest BCUT2D eigenvalue weighted by Gasteiger charge is 2.30. The zero-order valence-electron chi connectivity index (χ0n) is 29.9. The zero-order valence-corrected chi connectivity index (χ0v) is 30.7. The molecule has 8 heteroatoms. The van der Waals surface area contributed by atoms with Crippen LogP contribution in [0.15, 0.2) is 78.9 Å². The van der Waals surface area contributed by atoms with E-state index in [0.29, 0.717) is 23.1 Å². The minimum Gasteiger partial charge on any atom is -0.490 e. The molecule has 49 heavy (non-hydrogen) atoms. The van der Waals surface area contributed by atoms with Gasteiger partial charge in [-0.1, -0.05) is 102 Å². The number of benzene rings is 3. The first-order valence-electron chi connectivity index (χ1n) is 17.4. The second-order valence-corrected chi connectivity index (χ2v) is 17.2. The molecule has 3 aromatic carbocycles. The summed E-state index contributed by atoms with van der Waals surface area (Å²) in [5.74, 6) is 0.240. The summed E-state index contributed by atoms with van der Waals surface area (Å²) in [6.07, 6.45) is 9.39. The van der Waals surface area contributed by atoms with Gasteiger partial charge in [0.2, 0.25) is 5.91 Å². The van der Waals surface area contributed by atoms with Gasteiger partial charge in [0.05, 0.1) is 17.8 Å². The topological polar surface area (TPSA) is 110 Å². The fourth-order valence-electron chi connectivity index (χ4n) is 6.25. The fraction of sp³-hybridized carbons (Fsp3) is 0.463. The lowest BCUT2D eigenvalue weighted by molar-refractivity contribution is -0.117. The summed E-state index contributed by atoms with van der Waals surface area (Å²) in [7, 11) is -4.11. The van der Waals surface area contributed by atoms with Gasteiger partial charge in [-0.3, -0.25) is 14.1 Å². The molecule has 0 aromatic heterocycles. The summed E-state index contributed by atoms with van der Waals surface area (Å²) in [6, 6.07) is 22.7. The van der Waals surface area contributed by atoms with Crippen molar-refractivity contribution < 1.29 is 27.3 Å². The van der Waals surface area contributed by atoms with E-state index in [0.717, 1.165) is 41.2 Å². The van der Waals surface area contributed by atoms with Gasteiger partial charge in [0.15, 0.2) is 5.78 Å². The Labute approximate surface area is 293 Å². The number of ether oxygens (including phenoxy) is 1. The van der Waals surface area contributed by atoms with Gasteiger partial charge in [-0.2, -0.15) is 8.42 Å². The molecule has 1 fully saturated rings. The molecule has 0 radical (unpaired) electrons. The van der Waals surface area contributed by atoms with Crippen LogP contribution in [0.5, 0.6) is 5.75 Å². The molecule has 2 N–H and O–H groups in total. The third-order valence-corrected chi connectivity index (χ3v) is 10.1. The SMILES string of the molecule is CC(C)(C)/C=C/c1ccc(C(Cc2ccc(C(=O)CCCS(=O)(=O)O)cc2)C(=O)Nc2ccc(OC3CCC(C(C)(C)C)CC3)cc2)cc1. The van der Waals surface area contributed by atoms with Crippen molar-refractivity contribution in [2.24, 2.45) is 16.7 Å². The molecule has 1 unspecified atom stereocenters. The highest BCUT2D eigenvalue weighted by Crippen LogP contribution is 2.39. The maximum Gasteiger partial charge on any atom is 0.264 e. The normalized spacial score (nSPS) is 17.9. The predicted molar refractivity (Wildman–Crippen MR) is 199 cm³/mol. The van der Waals surface area contributed by atoms with Crippen LogP contribution in [-0.2, 0) is 21.3 Å². The molecule has 1 aliphatic rings. The van der Waals surface area contributed by atoms with Crippen LogP contribution in [0.2, 0.25) is 0 Å². The molecule has 4 rings (SSSR count). The molecule has 7 nitrogen and oxygen atoms in total. The lowest BCUT2D eigenvalue weighted by Gasteiger charge is -2.36. The second-order valence-electron chi connectivity index (χ2n) is 15.6. The van der Waals surface area contributed by atoms with E-state index in [1.165, 1.54) is 12.8 Å². The summed E-state index contributed by atoms with van der Waals surface area (Å²) in [4.78, 5) is 26.4. The van der Waals surface area contributed by atoms with Crippen LogP contribution in [0.4, 0.5) is 5.69 Å². The Morgan fingerprint density at radius 2 is 1.49 bits per heavy atom. The molecule has 1 atom stereocenters. The first-order valence-corrected chi connectivity index (χ1v) is 19.0. The van der Waals surface area contributed by atoms with E-state index >= 15 is 0 Å².